The second kappa shape index (κ2) is 8.88. The highest BCUT2D eigenvalue weighted by atomic mass is 19.3. The van der Waals surface area contributed by atoms with Crippen molar-refractivity contribution >= 4 is 22.8 Å². The van der Waals surface area contributed by atoms with Gasteiger partial charge in [0.2, 0.25) is 5.91 Å². The summed E-state index contributed by atoms with van der Waals surface area (Å²) in [5.74, 6) is 0.111. The molecule has 10 heteroatoms. The van der Waals surface area contributed by atoms with Crippen LogP contribution in [0.1, 0.15) is 24.6 Å². The number of likely N-dealkylation sites (tertiary alicyclic amines) is 1. The number of nitrogens with one attached hydrogen (secondary N) is 2. The van der Waals surface area contributed by atoms with E-state index in [9.17, 15) is 18.7 Å². The van der Waals surface area contributed by atoms with Crippen molar-refractivity contribution in [1.29, 1.82) is 0 Å². The van der Waals surface area contributed by atoms with Gasteiger partial charge in [-0.05, 0) is 35.9 Å². The molecule has 0 radical (unpaired) electrons. The molecule has 0 bridgehead atoms. The number of alkyl halides is 2. The molecule has 0 aromatic carbocycles. The lowest BCUT2D eigenvalue weighted by molar-refractivity contribution is -0.114. The molecule has 0 aliphatic carbocycles. The summed E-state index contributed by atoms with van der Waals surface area (Å²) in [5, 5.41) is 12.3. The summed E-state index contributed by atoms with van der Waals surface area (Å²) in [7, 11) is 0. The lowest BCUT2D eigenvalue weighted by atomic mass is 10.0. The van der Waals surface area contributed by atoms with Crippen molar-refractivity contribution in [2.45, 2.75) is 26.0 Å². The molecule has 1 aliphatic heterocycles. The Hall–Kier alpha value is -3.76. The number of aliphatic hydroxyl groups is 1. The van der Waals surface area contributed by atoms with Gasteiger partial charge in [0.25, 0.3) is 6.43 Å². The third-order valence-electron chi connectivity index (χ3n) is 5.71. The lowest BCUT2D eigenvalue weighted by Crippen LogP contribution is -2.49. The molecule has 3 N–H and O–H groups in total. The van der Waals surface area contributed by atoms with Gasteiger partial charge in [0.1, 0.15) is 11.5 Å². The van der Waals surface area contributed by atoms with Crippen molar-refractivity contribution in [2.75, 3.05) is 18.4 Å². The molecule has 8 nitrogen and oxygen atoms in total. The van der Waals surface area contributed by atoms with Crippen LogP contribution in [0.3, 0.4) is 0 Å². The van der Waals surface area contributed by atoms with Gasteiger partial charge >= 0.3 is 0 Å². The number of carbonyl (C=O) groups is 1. The van der Waals surface area contributed by atoms with Crippen LogP contribution < -0.4 is 5.32 Å². The molecule has 4 aromatic rings. The van der Waals surface area contributed by atoms with Gasteiger partial charge in [-0.25, -0.2) is 18.7 Å². The first-order chi connectivity index (χ1) is 16.4. The van der Waals surface area contributed by atoms with E-state index >= 15 is 0 Å². The van der Waals surface area contributed by atoms with Gasteiger partial charge in [0.05, 0.1) is 34.1 Å². The normalized spacial score (nSPS) is 14.5. The van der Waals surface area contributed by atoms with Crippen LogP contribution in [0.15, 0.2) is 48.8 Å². The summed E-state index contributed by atoms with van der Waals surface area (Å²) >= 11 is 0. The largest absolute Gasteiger partial charge is 0.390 e. The van der Waals surface area contributed by atoms with E-state index in [0.29, 0.717) is 53.5 Å². The predicted octanol–water partition coefficient (Wildman–Crippen LogP) is 3.76. The van der Waals surface area contributed by atoms with Crippen LogP contribution in [0.5, 0.6) is 0 Å². The number of amides is 1. The van der Waals surface area contributed by atoms with E-state index in [-0.39, 0.29) is 17.7 Å². The number of rotatable bonds is 6. The predicted molar refractivity (Wildman–Crippen MR) is 123 cm³/mol. The summed E-state index contributed by atoms with van der Waals surface area (Å²) in [6.45, 7) is 3.18. The summed E-state index contributed by atoms with van der Waals surface area (Å²) < 4.78 is 26.8. The van der Waals surface area contributed by atoms with E-state index in [1.807, 2.05) is 6.07 Å². The summed E-state index contributed by atoms with van der Waals surface area (Å²) in [6.07, 6.45) is 0.218. The van der Waals surface area contributed by atoms with Crippen molar-refractivity contribution < 1.29 is 18.7 Å². The van der Waals surface area contributed by atoms with E-state index in [0.717, 1.165) is 11.1 Å². The van der Waals surface area contributed by atoms with Gasteiger partial charge in [-0.2, -0.15) is 0 Å². The van der Waals surface area contributed by atoms with Crippen molar-refractivity contribution in [3.05, 3.63) is 60.0 Å². The first kappa shape index (κ1) is 22.1. The van der Waals surface area contributed by atoms with E-state index in [1.54, 1.807) is 36.7 Å². The van der Waals surface area contributed by atoms with Crippen molar-refractivity contribution in [3.63, 3.8) is 0 Å². The number of fused-ring (bicyclic) bond motifs is 1. The van der Waals surface area contributed by atoms with E-state index in [2.05, 4.69) is 30.2 Å². The minimum absolute atomic E-state index is 0.256. The zero-order valence-corrected chi connectivity index (χ0v) is 18.3. The maximum absolute atomic E-state index is 13.4. The van der Waals surface area contributed by atoms with Gasteiger partial charge in [0, 0.05) is 44.5 Å². The molecule has 34 heavy (non-hydrogen) atoms. The third-order valence-corrected chi connectivity index (χ3v) is 5.71. The van der Waals surface area contributed by atoms with E-state index < -0.39 is 6.43 Å². The number of pyridine rings is 3. The quantitative estimate of drug-likeness (QED) is 0.401. The molecule has 1 amide bonds. The van der Waals surface area contributed by atoms with Crippen LogP contribution in [-0.4, -0.2) is 55.0 Å². The monoisotopic (exact) mass is 464 g/mol. The van der Waals surface area contributed by atoms with Crippen LogP contribution in [0.2, 0.25) is 0 Å². The number of H-pyrrole nitrogens is 1. The fourth-order valence-corrected chi connectivity index (χ4v) is 4.19. The molecule has 4 aromatic heterocycles. The molecular weight excluding hydrogens is 442 g/mol. The number of hydrogen-bond donors (Lipinski definition) is 3. The fraction of sp³-hybridized carbons (Fsp3) is 0.250. The number of nitrogens with zero attached hydrogens (tertiary/aromatic N) is 4. The molecule has 1 aliphatic rings. The van der Waals surface area contributed by atoms with Gasteiger partial charge in [-0.1, -0.05) is 6.07 Å². The van der Waals surface area contributed by atoms with Gasteiger partial charge in [0.15, 0.2) is 0 Å². The highest BCUT2D eigenvalue weighted by Gasteiger charge is 2.26. The van der Waals surface area contributed by atoms with Crippen LogP contribution in [0.4, 0.5) is 14.6 Å². The number of hydrogen-bond acceptors (Lipinski definition) is 6. The first-order valence-corrected chi connectivity index (χ1v) is 10.8. The molecular formula is C24H22F2N6O2. The van der Waals surface area contributed by atoms with E-state index in [1.165, 1.54) is 13.0 Å². The highest BCUT2D eigenvalue weighted by Crippen LogP contribution is 2.39. The SMILES string of the molecule is CC(=O)Nc1cc(-c2[nH]c3c(CN4CC(O)C4)ccnc3c2-c2cccc(C(F)F)n2)ccn1. The maximum Gasteiger partial charge on any atom is 0.280 e. The Morgan fingerprint density at radius 3 is 2.76 bits per heavy atom. The van der Waals surface area contributed by atoms with Crippen LogP contribution >= 0.6 is 0 Å². The Morgan fingerprint density at radius 1 is 1.24 bits per heavy atom. The van der Waals surface area contributed by atoms with E-state index in [4.69, 9.17) is 0 Å². The highest BCUT2D eigenvalue weighted by molar-refractivity contribution is 6.02. The van der Waals surface area contributed by atoms with Crippen LogP contribution in [0, 0.1) is 0 Å². The molecule has 5 heterocycles. The summed E-state index contributed by atoms with van der Waals surface area (Å²) in [5.41, 5.74) is 4.28. The lowest BCUT2D eigenvalue weighted by Gasteiger charge is -2.35. The van der Waals surface area contributed by atoms with Crippen LogP contribution in [0.25, 0.3) is 33.5 Å². The van der Waals surface area contributed by atoms with Gasteiger partial charge in [-0.15, -0.1) is 0 Å². The number of aliphatic hydroxyl groups excluding tert-OH is 1. The minimum atomic E-state index is -2.71. The molecule has 5 rings (SSSR count). The van der Waals surface area contributed by atoms with Gasteiger partial charge in [-0.3, -0.25) is 14.7 Å². The molecule has 0 saturated carbocycles. The Kier molecular flexibility index (Phi) is 5.76. The number of aromatic amines is 1. The zero-order chi connectivity index (χ0) is 23.8. The number of aromatic nitrogens is 4. The Labute approximate surface area is 193 Å². The average Bonchev–Trinajstić information content (AvgIpc) is 3.18. The second-order valence-corrected chi connectivity index (χ2v) is 8.28. The van der Waals surface area contributed by atoms with Crippen molar-refractivity contribution in [2.24, 2.45) is 0 Å². The Bertz CT molecular complexity index is 1370. The molecule has 0 spiro atoms. The summed E-state index contributed by atoms with van der Waals surface area (Å²) in [6, 6.07) is 9.88. The molecule has 0 unspecified atom stereocenters. The zero-order valence-electron chi connectivity index (χ0n) is 18.3. The molecule has 1 fully saturated rings. The first-order valence-electron chi connectivity index (χ1n) is 10.8. The standard InChI is InChI=1S/C24H22F2N6O2/c1-13(33)29-19-9-14(5-7-27-19)21-20(17-3-2-4-18(30-17)24(25)26)23-22(31-21)15(6-8-28-23)10-32-11-16(34)12-32/h2-9,16,24,31,34H,10-12H2,1H3,(H,27,29,33). The fourth-order valence-electron chi connectivity index (χ4n) is 4.19. The Balaban J connectivity index is 1.69. The maximum atomic E-state index is 13.4. The number of anilines is 1. The topological polar surface area (TPSA) is 107 Å². The van der Waals surface area contributed by atoms with Gasteiger partial charge < -0.3 is 15.4 Å². The summed E-state index contributed by atoms with van der Waals surface area (Å²) in [4.78, 5) is 30.0. The molecule has 174 valence electrons. The number of carbonyl (C=O) groups excluding carboxylic acids is 1. The smallest absolute Gasteiger partial charge is 0.280 e. The average molecular weight is 464 g/mol. The minimum Gasteiger partial charge on any atom is -0.390 e. The Morgan fingerprint density at radius 2 is 2.03 bits per heavy atom. The molecule has 1 saturated heterocycles. The number of halogens is 2. The van der Waals surface area contributed by atoms with Crippen molar-refractivity contribution in [3.8, 4) is 22.5 Å². The van der Waals surface area contributed by atoms with Crippen LogP contribution in [-0.2, 0) is 11.3 Å². The second-order valence-electron chi connectivity index (χ2n) is 8.28. The molecule has 0 atom stereocenters. The van der Waals surface area contributed by atoms with Crippen molar-refractivity contribution in [1.82, 2.24) is 24.8 Å². The number of β-amino-alcohol motifs (C(OH)–C–C–N with tert-alkyl or cyclic N) is 1. The third kappa shape index (κ3) is 4.25.